The molecule has 1 aliphatic heterocycles. The summed E-state index contributed by atoms with van der Waals surface area (Å²) < 4.78 is 42.3. The second-order valence-corrected chi connectivity index (χ2v) is 6.53. The second-order valence-electron chi connectivity index (χ2n) is 4.66. The van der Waals surface area contributed by atoms with Crippen LogP contribution in [0.5, 0.6) is 0 Å². The normalized spacial score (nSPS) is 16.9. The molecule has 0 unspecified atom stereocenters. The number of carbonyl (C=O) groups is 1. The van der Waals surface area contributed by atoms with Crippen LogP contribution in [-0.2, 0) is 19.5 Å². The first-order chi connectivity index (χ1) is 9.89. The number of hydrogen-bond acceptors (Lipinski definition) is 6. The van der Waals surface area contributed by atoms with E-state index in [0.717, 1.165) is 0 Å². The predicted octanol–water partition coefficient (Wildman–Crippen LogP) is 1.09. The van der Waals surface area contributed by atoms with Gasteiger partial charge in [0, 0.05) is 13.1 Å². The molecule has 8 heteroatoms. The monoisotopic (exact) mass is 317 g/mol. The Morgan fingerprint density at radius 2 is 1.86 bits per heavy atom. The molecule has 1 saturated heterocycles. The van der Waals surface area contributed by atoms with E-state index >= 15 is 0 Å². The van der Waals surface area contributed by atoms with Crippen molar-refractivity contribution in [2.45, 2.75) is 25.7 Å². The molecule has 7 nitrogen and oxygen atoms in total. The Morgan fingerprint density at radius 1 is 1.24 bits per heavy atom. The number of morpholine rings is 1. The fraction of sp³-hybridized carbons (Fsp3) is 0.615. The molecule has 0 aromatic carbocycles. The van der Waals surface area contributed by atoms with Crippen LogP contribution in [0.25, 0.3) is 0 Å². The van der Waals surface area contributed by atoms with Gasteiger partial charge in [0.1, 0.15) is 22.0 Å². The second kappa shape index (κ2) is 6.17. The third-order valence-corrected chi connectivity index (χ3v) is 5.31. The van der Waals surface area contributed by atoms with E-state index in [4.69, 9.17) is 13.9 Å². The molecule has 118 valence electrons. The lowest BCUT2D eigenvalue weighted by Gasteiger charge is -2.26. The molecule has 1 fully saturated rings. The number of rotatable bonds is 4. The van der Waals surface area contributed by atoms with Crippen molar-refractivity contribution in [3.05, 3.63) is 17.1 Å². The van der Waals surface area contributed by atoms with Gasteiger partial charge in [-0.25, -0.2) is 13.2 Å². The van der Waals surface area contributed by atoms with Crippen LogP contribution in [0.1, 0.15) is 28.8 Å². The van der Waals surface area contributed by atoms with Gasteiger partial charge in [-0.1, -0.05) is 0 Å². The van der Waals surface area contributed by atoms with Crippen molar-refractivity contribution < 1.29 is 27.1 Å². The Morgan fingerprint density at radius 3 is 2.43 bits per heavy atom. The van der Waals surface area contributed by atoms with E-state index < -0.39 is 16.0 Å². The van der Waals surface area contributed by atoms with Crippen molar-refractivity contribution in [3.8, 4) is 0 Å². The maximum Gasteiger partial charge on any atom is 0.343 e. The zero-order valence-corrected chi connectivity index (χ0v) is 13.2. The topological polar surface area (TPSA) is 86.0 Å². The first-order valence-corrected chi connectivity index (χ1v) is 8.18. The summed E-state index contributed by atoms with van der Waals surface area (Å²) in [6.07, 6.45) is 0. The number of hydrogen-bond donors (Lipinski definition) is 0. The maximum atomic E-state index is 12.8. The van der Waals surface area contributed by atoms with Gasteiger partial charge in [0.15, 0.2) is 0 Å². The summed E-state index contributed by atoms with van der Waals surface area (Å²) in [5.41, 5.74) is -0.0131. The van der Waals surface area contributed by atoms with Gasteiger partial charge in [-0.2, -0.15) is 4.31 Å². The zero-order chi connectivity index (χ0) is 15.6. The molecule has 0 atom stereocenters. The molecule has 2 rings (SSSR count). The molecule has 0 N–H and O–H groups in total. The Hall–Kier alpha value is -1.38. The predicted molar refractivity (Wildman–Crippen MR) is 73.7 cm³/mol. The summed E-state index contributed by atoms with van der Waals surface area (Å²) in [5, 5.41) is 0. The number of nitrogens with zero attached hydrogens (tertiary/aromatic N) is 1. The summed E-state index contributed by atoms with van der Waals surface area (Å²) in [5.74, 6) is -0.237. The third kappa shape index (κ3) is 2.97. The van der Waals surface area contributed by atoms with Gasteiger partial charge >= 0.3 is 5.97 Å². The lowest BCUT2D eigenvalue weighted by Crippen LogP contribution is -2.41. The SMILES string of the molecule is CCOC(=O)c1c(C)oc(C)c1S(=O)(=O)N1CCOCC1. The van der Waals surface area contributed by atoms with Crippen molar-refractivity contribution in [1.82, 2.24) is 4.31 Å². The minimum absolute atomic E-state index is 0.0131. The molecule has 2 heterocycles. The van der Waals surface area contributed by atoms with Crippen LogP contribution >= 0.6 is 0 Å². The van der Waals surface area contributed by atoms with Gasteiger partial charge in [0.2, 0.25) is 10.0 Å². The molecule has 0 saturated carbocycles. The average Bonchev–Trinajstić information content (AvgIpc) is 2.75. The van der Waals surface area contributed by atoms with E-state index in [1.807, 2.05) is 0 Å². The highest BCUT2D eigenvalue weighted by molar-refractivity contribution is 7.89. The average molecular weight is 317 g/mol. The molecule has 1 aromatic heterocycles. The van der Waals surface area contributed by atoms with Crippen LogP contribution in [0, 0.1) is 13.8 Å². The third-order valence-electron chi connectivity index (χ3n) is 3.25. The van der Waals surface area contributed by atoms with E-state index in [1.54, 1.807) is 13.8 Å². The zero-order valence-electron chi connectivity index (χ0n) is 12.3. The van der Waals surface area contributed by atoms with E-state index in [0.29, 0.717) is 13.2 Å². The highest BCUT2D eigenvalue weighted by Gasteiger charge is 2.36. The lowest BCUT2D eigenvalue weighted by atomic mass is 10.2. The van der Waals surface area contributed by atoms with E-state index in [1.165, 1.54) is 11.2 Å². The minimum atomic E-state index is -3.81. The van der Waals surface area contributed by atoms with Gasteiger partial charge in [-0.15, -0.1) is 0 Å². The van der Waals surface area contributed by atoms with E-state index in [9.17, 15) is 13.2 Å². The summed E-state index contributed by atoms with van der Waals surface area (Å²) in [7, 11) is -3.81. The van der Waals surface area contributed by atoms with Crippen LogP contribution in [0.3, 0.4) is 0 Å². The van der Waals surface area contributed by atoms with Crippen LogP contribution in [0.2, 0.25) is 0 Å². The quantitative estimate of drug-likeness (QED) is 0.773. The molecule has 0 aliphatic carbocycles. The minimum Gasteiger partial charge on any atom is -0.464 e. The van der Waals surface area contributed by atoms with Crippen LogP contribution < -0.4 is 0 Å². The van der Waals surface area contributed by atoms with Crippen LogP contribution in [-0.4, -0.2) is 51.6 Å². The van der Waals surface area contributed by atoms with Crippen molar-refractivity contribution in [2.75, 3.05) is 32.9 Å². The van der Waals surface area contributed by atoms with Crippen LogP contribution in [0.4, 0.5) is 0 Å². The molecular weight excluding hydrogens is 298 g/mol. The summed E-state index contributed by atoms with van der Waals surface area (Å²) in [6, 6.07) is 0. The number of aryl methyl sites for hydroxylation is 2. The standard InChI is InChI=1S/C13H19NO6S/c1-4-19-13(15)11-9(2)20-10(3)12(11)21(16,17)14-5-7-18-8-6-14/h4-8H2,1-3H3. The number of sulfonamides is 1. The van der Waals surface area contributed by atoms with Gasteiger partial charge in [0.05, 0.1) is 19.8 Å². The van der Waals surface area contributed by atoms with Gasteiger partial charge in [-0.05, 0) is 20.8 Å². The van der Waals surface area contributed by atoms with Crippen molar-refractivity contribution in [2.24, 2.45) is 0 Å². The Labute approximate surface area is 123 Å². The molecule has 1 aliphatic rings. The Bertz CT molecular complexity index is 627. The van der Waals surface area contributed by atoms with E-state index in [-0.39, 0.29) is 41.7 Å². The van der Waals surface area contributed by atoms with Crippen molar-refractivity contribution >= 4 is 16.0 Å². The smallest absolute Gasteiger partial charge is 0.343 e. The molecule has 21 heavy (non-hydrogen) atoms. The van der Waals surface area contributed by atoms with Crippen LogP contribution in [0.15, 0.2) is 9.31 Å². The van der Waals surface area contributed by atoms with Gasteiger partial charge < -0.3 is 13.9 Å². The first-order valence-electron chi connectivity index (χ1n) is 6.74. The number of carbonyl (C=O) groups excluding carboxylic acids is 1. The van der Waals surface area contributed by atoms with Gasteiger partial charge in [0.25, 0.3) is 0 Å². The number of esters is 1. The number of furan rings is 1. The highest BCUT2D eigenvalue weighted by atomic mass is 32.2. The molecule has 0 bridgehead atoms. The summed E-state index contributed by atoms with van der Waals surface area (Å²) in [6.45, 7) is 6.10. The molecule has 0 amide bonds. The largest absolute Gasteiger partial charge is 0.464 e. The maximum absolute atomic E-state index is 12.8. The molecule has 0 radical (unpaired) electrons. The lowest BCUT2D eigenvalue weighted by molar-refractivity contribution is 0.0519. The number of ether oxygens (including phenoxy) is 2. The Kier molecular flexibility index (Phi) is 4.70. The fourth-order valence-corrected chi connectivity index (χ4v) is 4.11. The fourth-order valence-electron chi connectivity index (χ4n) is 2.33. The summed E-state index contributed by atoms with van der Waals surface area (Å²) >= 11 is 0. The van der Waals surface area contributed by atoms with Crippen molar-refractivity contribution in [3.63, 3.8) is 0 Å². The first kappa shape index (κ1) is 16.0. The summed E-state index contributed by atoms with van der Waals surface area (Å²) in [4.78, 5) is 11.9. The van der Waals surface area contributed by atoms with Crippen molar-refractivity contribution in [1.29, 1.82) is 0 Å². The van der Waals surface area contributed by atoms with Gasteiger partial charge in [-0.3, -0.25) is 0 Å². The highest BCUT2D eigenvalue weighted by Crippen LogP contribution is 2.30. The van der Waals surface area contributed by atoms with E-state index in [2.05, 4.69) is 0 Å². The molecule has 0 spiro atoms. The molecular formula is C13H19NO6S. The molecule has 1 aromatic rings. The Balaban J connectivity index is 2.49.